The van der Waals surface area contributed by atoms with Crippen molar-refractivity contribution in [2.75, 3.05) is 25.0 Å². The van der Waals surface area contributed by atoms with Gasteiger partial charge in [0, 0.05) is 23.2 Å². The van der Waals surface area contributed by atoms with E-state index < -0.39 is 12.1 Å². The first-order valence-electron chi connectivity index (χ1n) is 9.41. The van der Waals surface area contributed by atoms with Crippen LogP contribution < -0.4 is 10.6 Å². The number of alkyl halides is 3. The minimum atomic E-state index is -4.93. The Bertz CT molecular complexity index is 902. The number of benzene rings is 1. The third kappa shape index (κ3) is 4.45. The number of anilines is 1. The molecule has 2 N–H and O–H groups in total. The third-order valence-electron chi connectivity index (χ3n) is 5.49. The maximum atomic E-state index is 12.6. The topological polar surface area (TPSA) is 61.4 Å². The number of hydrogen-bond donors (Lipinski definition) is 2. The van der Waals surface area contributed by atoms with Crippen molar-refractivity contribution in [2.24, 2.45) is 5.92 Å². The number of fused-ring (bicyclic) bond motifs is 3. The van der Waals surface area contributed by atoms with Gasteiger partial charge in [0.1, 0.15) is 0 Å². The molecule has 3 aliphatic rings. The highest BCUT2D eigenvalue weighted by molar-refractivity contribution is 7.17. The molecule has 9 heteroatoms. The maximum absolute atomic E-state index is 12.6. The van der Waals surface area contributed by atoms with Crippen LogP contribution in [0.5, 0.6) is 0 Å². The highest BCUT2D eigenvalue weighted by Crippen LogP contribution is 2.31. The minimum Gasteiger partial charge on any atom is -0.347 e. The number of piperidine rings is 3. The molecule has 0 aliphatic carbocycles. The predicted octanol–water partition coefficient (Wildman–Crippen LogP) is 3.74. The monoisotopic (exact) mass is 423 g/mol. The maximum Gasteiger partial charge on any atom is 0.471 e. The van der Waals surface area contributed by atoms with E-state index in [1.54, 1.807) is 18.2 Å². The molecule has 5 rings (SSSR count). The van der Waals surface area contributed by atoms with E-state index in [2.05, 4.69) is 10.2 Å². The molecule has 1 aromatic heterocycles. The summed E-state index contributed by atoms with van der Waals surface area (Å²) < 4.78 is 37.0. The molecule has 3 fully saturated rings. The Hall–Kier alpha value is -2.39. The Kier molecular flexibility index (Phi) is 5.35. The van der Waals surface area contributed by atoms with Crippen molar-refractivity contribution >= 4 is 28.8 Å². The highest BCUT2D eigenvalue weighted by Gasteiger charge is 2.38. The van der Waals surface area contributed by atoms with E-state index >= 15 is 0 Å². The lowest BCUT2D eigenvalue weighted by Crippen LogP contribution is -2.57. The van der Waals surface area contributed by atoms with Crippen LogP contribution in [0, 0.1) is 5.92 Å². The van der Waals surface area contributed by atoms with Crippen molar-refractivity contribution in [3.63, 3.8) is 0 Å². The van der Waals surface area contributed by atoms with Crippen LogP contribution in [-0.4, -0.2) is 48.6 Å². The van der Waals surface area contributed by atoms with Crippen molar-refractivity contribution in [1.82, 2.24) is 10.2 Å². The normalized spacial score (nSPS) is 23.6. The fourth-order valence-corrected chi connectivity index (χ4v) is 4.82. The summed E-state index contributed by atoms with van der Waals surface area (Å²) in [6, 6.07) is 9.82. The molecule has 0 spiro atoms. The fourth-order valence-electron chi connectivity index (χ4n) is 3.90. The molecule has 5 nitrogen and oxygen atoms in total. The lowest BCUT2D eigenvalue weighted by atomic mass is 9.84. The molecule has 0 radical (unpaired) electrons. The molecule has 2 aromatic rings. The summed E-state index contributed by atoms with van der Waals surface area (Å²) in [6.45, 7) is 3.12. The SMILES string of the molecule is O=C(NC1CN2CCC1CC2)c1ccc(-c2ccc(NC(=O)C(F)(F)F)cc2)s1. The number of nitrogens with zero attached hydrogens (tertiary/aromatic N) is 1. The second-order valence-electron chi connectivity index (χ2n) is 7.41. The van der Waals surface area contributed by atoms with Crippen LogP contribution in [0.2, 0.25) is 0 Å². The standard InChI is InChI=1S/C20H20F3N3O2S/c21-20(22,23)19(28)24-14-3-1-13(2-4-14)16-5-6-17(29-16)18(27)25-15-11-26-9-7-12(15)8-10-26/h1-6,12,15H,7-11H2,(H,24,28)(H,25,27). The molecule has 1 aromatic carbocycles. The van der Waals surface area contributed by atoms with E-state index in [0.29, 0.717) is 10.8 Å². The molecular weight excluding hydrogens is 403 g/mol. The lowest BCUT2D eigenvalue weighted by molar-refractivity contribution is -0.167. The quantitative estimate of drug-likeness (QED) is 0.788. The van der Waals surface area contributed by atoms with Crippen molar-refractivity contribution in [1.29, 1.82) is 0 Å². The second-order valence-corrected chi connectivity index (χ2v) is 8.49. The van der Waals surface area contributed by atoms with Gasteiger partial charge in [-0.1, -0.05) is 12.1 Å². The van der Waals surface area contributed by atoms with Gasteiger partial charge < -0.3 is 15.5 Å². The van der Waals surface area contributed by atoms with Gasteiger partial charge in [-0.15, -0.1) is 11.3 Å². The number of carbonyl (C=O) groups excluding carboxylic acids is 2. The Morgan fingerprint density at radius 1 is 1.03 bits per heavy atom. The highest BCUT2D eigenvalue weighted by atomic mass is 32.1. The van der Waals surface area contributed by atoms with Gasteiger partial charge in [0.15, 0.2) is 0 Å². The summed E-state index contributed by atoms with van der Waals surface area (Å²) in [7, 11) is 0. The van der Waals surface area contributed by atoms with Crippen molar-refractivity contribution < 1.29 is 22.8 Å². The van der Waals surface area contributed by atoms with Gasteiger partial charge in [-0.3, -0.25) is 9.59 Å². The number of halogens is 3. The summed E-state index contributed by atoms with van der Waals surface area (Å²) in [5, 5.41) is 4.97. The number of carbonyl (C=O) groups is 2. The molecule has 0 saturated carbocycles. The second kappa shape index (κ2) is 7.79. The molecule has 3 aliphatic heterocycles. The third-order valence-corrected chi connectivity index (χ3v) is 6.62. The first kappa shape index (κ1) is 19.9. The van der Waals surface area contributed by atoms with Gasteiger partial charge in [-0.2, -0.15) is 13.2 Å². The molecule has 2 bridgehead atoms. The number of amides is 2. The molecule has 1 unspecified atom stereocenters. The first-order chi connectivity index (χ1) is 13.8. The molecule has 3 saturated heterocycles. The molecule has 2 amide bonds. The summed E-state index contributed by atoms with van der Waals surface area (Å²) in [5.74, 6) is -1.55. The van der Waals surface area contributed by atoms with Gasteiger partial charge in [-0.05, 0) is 61.7 Å². The average Bonchev–Trinajstić information content (AvgIpc) is 3.19. The van der Waals surface area contributed by atoms with Crippen LogP contribution >= 0.6 is 11.3 Å². The Morgan fingerprint density at radius 2 is 1.72 bits per heavy atom. The summed E-state index contributed by atoms with van der Waals surface area (Å²) >= 11 is 1.33. The summed E-state index contributed by atoms with van der Waals surface area (Å²) in [5.41, 5.74) is 0.829. The fraction of sp³-hybridized carbons (Fsp3) is 0.400. The van der Waals surface area contributed by atoms with E-state index in [4.69, 9.17) is 0 Å². The van der Waals surface area contributed by atoms with Crippen LogP contribution in [0.25, 0.3) is 10.4 Å². The van der Waals surface area contributed by atoms with Gasteiger partial charge in [0.05, 0.1) is 4.88 Å². The smallest absolute Gasteiger partial charge is 0.347 e. The average molecular weight is 423 g/mol. The van der Waals surface area contributed by atoms with E-state index in [1.807, 2.05) is 11.4 Å². The van der Waals surface area contributed by atoms with Crippen LogP contribution in [0.4, 0.5) is 18.9 Å². The van der Waals surface area contributed by atoms with Gasteiger partial charge in [0.25, 0.3) is 5.91 Å². The summed E-state index contributed by atoms with van der Waals surface area (Å²) in [6.07, 6.45) is -2.68. The Balaban J connectivity index is 1.39. The van der Waals surface area contributed by atoms with Crippen LogP contribution in [-0.2, 0) is 4.79 Å². The van der Waals surface area contributed by atoms with Gasteiger partial charge in [-0.25, -0.2) is 0 Å². The van der Waals surface area contributed by atoms with Crippen molar-refractivity contribution in [3.05, 3.63) is 41.3 Å². The van der Waals surface area contributed by atoms with Crippen molar-refractivity contribution in [3.8, 4) is 10.4 Å². The van der Waals surface area contributed by atoms with E-state index in [9.17, 15) is 22.8 Å². The lowest BCUT2D eigenvalue weighted by Gasteiger charge is -2.44. The molecule has 29 heavy (non-hydrogen) atoms. The Morgan fingerprint density at radius 3 is 2.31 bits per heavy atom. The number of hydrogen-bond acceptors (Lipinski definition) is 4. The molecular formula is C20H20F3N3O2S. The van der Waals surface area contributed by atoms with Gasteiger partial charge >= 0.3 is 12.1 Å². The predicted molar refractivity (Wildman–Crippen MR) is 105 cm³/mol. The molecule has 1 atom stereocenters. The largest absolute Gasteiger partial charge is 0.471 e. The zero-order valence-corrected chi connectivity index (χ0v) is 16.3. The van der Waals surface area contributed by atoms with E-state index in [-0.39, 0.29) is 17.6 Å². The van der Waals surface area contributed by atoms with Gasteiger partial charge in [0.2, 0.25) is 0 Å². The first-order valence-corrected chi connectivity index (χ1v) is 10.2. The molecule has 154 valence electrons. The Labute approximate surface area is 169 Å². The van der Waals surface area contributed by atoms with E-state index in [0.717, 1.165) is 42.9 Å². The number of thiophene rings is 1. The van der Waals surface area contributed by atoms with Crippen molar-refractivity contribution in [2.45, 2.75) is 25.1 Å². The minimum absolute atomic E-state index is 0.0629. The zero-order chi connectivity index (χ0) is 20.6. The number of rotatable bonds is 4. The van der Waals surface area contributed by atoms with Crippen LogP contribution in [0.3, 0.4) is 0 Å². The molecule has 4 heterocycles. The number of nitrogens with one attached hydrogen (secondary N) is 2. The van der Waals surface area contributed by atoms with Crippen LogP contribution in [0.15, 0.2) is 36.4 Å². The summed E-state index contributed by atoms with van der Waals surface area (Å²) in [4.78, 5) is 27.4. The zero-order valence-electron chi connectivity index (χ0n) is 15.5. The van der Waals surface area contributed by atoms with E-state index in [1.165, 1.54) is 23.5 Å². The van der Waals surface area contributed by atoms with Crippen LogP contribution in [0.1, 0.15) is 22.5 Å².